The molecule has 2 saturated carbocycles. The Morgan fingerprint density at radius 1 is 0.824 bits per heavy atom. The summed E-state index contributed by atoms with van der Waals surface area (Å²) in [7, 11) is 2.26. The van der Waals surface area contributed by atoms with Crippen LogP contribution in [0.4, 0.5) is 0 Å². The smallest absolute Gasteiger partial charge is 0.0695 e. The predicted octanol–water partition coefficient (Wildman–Crippen LogP) is 3.19. The van der Waals surface area contributed by atoms with Crippen LogP contribution in [0.1, 0.15) is 64.7 Å². The van der Waals surface area contributed by atoms with Gasteiger partial charge in [-0.2, -0.15) is 0 Å². The van der Waals surface area contributed by atoms with E-state index in [1.807, 2.05) is 0 Å². The van der Waals surface area contributed by atoms with Crippen molar-refractivity contribution < 1.29 is 5.11 Å². The summed E-state index contributed by atoms with van der Waals surface area (Å²) in [6.45, 7) is 2.39. The summed E-state index contributed by atoms with van der Waals surface area (Å²) in [4.78, 5) is 2.53. The maximum Gasteiger partial charge on any atom is 0.0695 e. The van der Waals surface area contributed by atoms with E-state index in [0.29, 0.717) is 12.1 Å². The topological polar surface area (TPSA) is 23.5 Å². The van der Waals surface area contributed by atoms with Crippen LogP contribution in [-0.2, 0) is 0 Å². The van der Waals surface area contributed by atoms with Crippen LogP contribution in [0.25, 0.3) is 0 Å². The van der Waals surface area contributed by atoms with Crippen molar-refractivity contribution in [3.63, 3.8) is 0 Å². The molecule has 4 atom stereocenters. The van der Waals surface area contributed by atoms with Crippen molar-refractivity contribution in [3.8, 4) is 0 Å². The van der Waals surface area contributed by atoms with E-state index >= 15 is 0 Å². The minimum atomic E-state index is -0.0865. The number of likely N-dealkylation sites (N-methyl/N-ethyl adjacent to an activating group) is 1. The summed E-state index contributed by atoms with van der Waals surface area (Å²) in [6.07, 6.45) is 11.4. The van der Waals surface area contributed by atoms with E-state index in [1.54, 1.807) is 0 Å². The molecular weight excluding hydrogens is 210 g/mol. The first-order valence-electron chi connectivity index (χ1n) is 7.60. The Hall–Kier alpha value is -0.0800. The van der Waals surface area contributed by atoms with Crippen LogP contribution < -0.4 is 0 Å². The molecule has 1 N–H and O–H groups in total. The molecule has 0 aromatic rings. The Kier molecular flexibility index (Phi) is 4.87. The molecule has 2 heteroatoms. The van der Waals surface area contributed by atoms with E-state index in [-0.39, 0.29) is 6.10 Å². The van der Waals surface area contributed by atoms with Gasteiger partial charge in [-0.1, -0.05) is 39.0 Å². The maximum absolute atomic E-state index is 10.3. The van der Waals surface area contributed by atoms with Gasteiger partial charge in [0.2, 0.25) is 0 Å². The van der Waals surface area contributed by atoms with Crippen LogP contribution in [0.15, 0.2) is 0 Å². The monoisotopic (exact) mass is 239 g/mol. The second-order valence-electron chi connectivity index (χ2n) is 6.27. The molecule has 0 aromatic heterocycles. The molecule has 0 saturated heterocycles. The second kappa shape index (κ2) is 6.19. The molecule has 0 heterocycles. The third kappa shape index (κ3) is 3.23. The standard InChI is InChI=1S/C15H29NO/c1-12-8-6-7-9-13(12)16(2)14-10-4-3-5-11-15(14)17/h12-15,17H,3-11H2,1-2H3. The highest BCUT2D eigenvalue weighted by molar-refractivity contribution is 4.87. The highest BCUT2D eigenvalue weighted by atomic mass is 16.3. The molecule has 0 amide bonds. The van der Waals surface area contributed by atoms with Crippen molar-refractivity contribution in [1.29, 1.82) is 0 Å². The van der Waals surface area contributed by atoms with E-state index < -0.39 is 0 Å². The van der Waals surface area contributed by atoms with Crippen molar-refractivity contribution in [2.45, 2.75) is 82.9 Å². The lowest BCUT2D eigenvalue weighted by Crippen LogP contribution is -2.49. The molecule has 2 aliphatic carbocycles. The molecule has 0 radical (unpaired) electrons. The van der Waals surface area contributed by atoms with Crippen molar-refractivity contribution in [2.24, 2.45) is 5.92 Å². The molecule has 0 aromatic carbocycles. The Balaban J connectivity index is 1.98. The SMILES string of the molecule is CC1CCCCC1N(C)C1CCCCCC1O. The lowest BCUT2D eigenvalue weighted by atomic mass is 9.84. The van der Waals surface area contributed by atoms with E-state index in [0.717, 1.165) is 12.3 Å². The van der Waals surface area contributed by atoms with Gasteiger partial charge in [0.1, 0.15) is 0 Å². The second-order valence-corrected chi connectivity index (χ2v) is 6.27. The molecule has 100 valence electrons. The fourth-order valence-electron chi connectivity index (χ4n) is 3.89. The molecule has 17 heavy (non-hydrogen) atoms. The average molecular weight is 239 g/mol. The Morgan fingerprint density at radius 2 is 1.41 bits per heavy atom. The lowest BCUT2D eigenvalue weighted by Gasteiger charge is -2.42. The lowest BCUT2D eigenvalue weighted by molar-refractivity contribution is 0.0115. The van der Waals surface area contributed by atoms with Gasteiger partial charge < -0.3 is 5.11 Å². The minimum Gasteiger partial charge on any atom is -0.391 e. The van der Waals surface area contributed by atoms with Gasteiger partial charge in [-0.3, -0.25) is 4.90 Å². The Morgan fingerprint density at radius 3 is 2.18 bits per heavy atom. The number of aliphatic hydroxyl groups excluding tert-OH is 1. The number of hydrogen-bond donors (Lipinski definition) is 1. The van der Waals surface area contributed by atoms with E-state index in [1.165, 1.54) is 51.4 Å². The Bertz CT molecular complexity index is 231. The van der Waals surface area contributed by atoms with Crippen LogP contribution in [-0.4, -0.2) is 35.2 Å². The summed E-state index contributed by atoms with van der Waals surface area (Å²) in [5.74, 6) is 0.809. The third-order valence-corrected chi connectivity index (χ3v) is 5.06. The molecule has 0 spiro atoms. The fourth-order valence-corrected chi connectivity index (χ4v) is 3.89. The van der Waals surface area contributed by atoms with Gasteiger partial charge in [-0.05, 0) is 38.6 Å². The van der Waals surface area contributed by atoms with E-state index in [9.17, 15) is 5.11 Å². The fraction of sp³-hybridized carbons (Fsp3) is 1.00. The summed E-state index contributed by atoms with van der Waals surface area (Å²) < 4.78 is 0. The molecule has 4 unspecified atom stereocenters. The maximum atomic E-state index is 10.3. The van der Waals surface area contributed by atoms with Crippen molar-refractivity contribution >= 4 is 0 Å². The number of rotatable bonds is 2. The van der Waals surface area contributed by atoms with Crippen LogP contribution >= 0.6 is 0 Å². The quantitative estimate of drug-likeness (QED) is 0.748. The van der Waals surface area contributed by atoms with Gasteiger partial charge in [0.15, 0.2) is 0 Å². The van der Waals surface area contributed by atoms with Gasteiger partial charge in [0, 0.05) is 12.1 Å². The largest absolute Gasteiger partial charge is 0.391 e. The zero-order valence-electron chi connectivity index (χ0n) is 11.6. The van der Waals surface area contributed by atoms with Gasteiger partial charge in [0.25, 0.3) is 0 Å². The summed E-state index contributed by atoms with van der Waals surface area (Å²) >= 11 is 0. The normalized spacial score (nSPS) is 40.2. The molecule has 2 aliphatic rings. The molecule has 2 fully saturated rings. The predicted molar refractivity (Wildman–Crippen MR) is 72.1 cm³/mol. The van der Waals surface area contributed by atoms with Crippen molar-refractivity contribution in [2.75, 3.05) is 7.05 Å². The van der Waals surface area contributed by atoms with Crippen molar-refractivity contribution in [3.05, 3.63) is 0 Å². The minimum absolute atomic E-state index is 0.0865. The molecular formula is C15H29NO. The average Bonchev–Trinajstić information content (AvgIpc) is 2.54. The number of aliphatic hydroxyl groups is 1. The molecule has 0 bridgehead atoms. The number of hydrogen-bond acceptors (Lipinski definition) is 2. The van der Waals surface area contributed by atoms with Gasteiger partial charge >= 0.3 is 0 Å². The van der Waals surface area contributed by atoms with Crippen LogP contribution in [0.3, 0.4) is 0 Å². The first kappa shape index (κ1) is 13.4. The zero-order valence-corrected chi connectivity index (χ0v) is 11.6. The summed E-state index contributed by atoms with van der Waals surface area (Å²) in [6, 6.07) is 1.13. The van der Waals surface area contributed by atoms with E-state index in [2.05, 4.69) is 18.9 Å². The number of nitrogens with zero attached hydrogens (tertiary/aromatic N) is 1. The highest BCUT2D eigenvalue weighted by Crippen LogP contribution is 2.31. The van der Waals surface area contributed by atoms with Crippen LogP contribution in [0.5, 0.6) is 0 Å². The first-order chi connectivity index (χ1) is 8.20. The first-order valence-corrected chi connectivity index (χ1v) is 7.60. The van der Waals surface area contributed by atoms with E-state index in [4.69, 9.17) is 0 Å². The van der Waals surface area contributed by atoms with Gasteiger partial charge in [-0.15, -0.1) is 0 Å². The molecule has 0 aliphatic heterocycles. The highest BCUT2D eigenvalue weighted by Gasteiger charge is 2.33. The van der Waals surface area contributed by atoms with Crippen LogP contribution in [0, 0.1) is 5.92 Å². The molecule has 2 rings (SSSR count). The third-order valence-electron chi connectivity index (χ3n) is 5.06. The van der Waals surface area contributed by atoms with Gasteiger partial charge in [-0.25, -0.2) is 0 Å². The van der Waals surface area contributed by atoms with Gasteiger partial charge in [0.05, 0.1) is 6.10 Å². The Labute approximate surface area is 106 Å². The summed E-state index contributed by atoms with van der Waals surface area (Å²) in [5, 5.41) is 10.3. The summed E-state index contributed by atoms with van der Waals surface area (Å²) in [5.41, 5.74) is 0. The molecule has 2 nitrogen and oxygen atoms in total. The zero-order chi connectivity index (χ0) is 12.3. The van der Waals surface area contributed by atoms with Crippen LogP contribution in [0.2, 0.25) is 0 Å². The van der Waals surface area contributed by atoms with Crippen molar-refractivity contribution in [1.82, 2.24) is 4.90 Å².